The Morgan fingerprint density at radius 1 is 1.30 bits per heavy atom. The molecule has 0 saturated heterocycles. The summed E-state index contributed by atoms with van der Waals surface area (Å²) in [6, 6.07) is 10.4. The highest BCUT2D eigenvalue weighted by atomic mass is 16.2. The van der Waals surface area contributed by atoms with Crippen LogP contribution in [0.1, 0.15) is 31.2 Å². The molecule has 3 rings (SSSR count). The van der Waals surface area contributed by atoms with E-state index in [1.165, 1.54) is 12.0 Å². The molecule has 23 heavy (non-hydrogen) atoms. The Kier molecular flexibility index (Phi) is 4.79. The summed E-state index contributed by atoms with van der Waals surface area (Å²) in [6.07, 6.45) is 10.6. The summed E-state index contributed by atoms with van der Waals surface area (Å²) in [4.78, 5) is 18.9. The molecule has 1 amide bonds. The highest BCUT2D eigenvalue weighted by Crippen LogP contribution is 2.45. The van der Waals surface area contributed by atoms with E-state index in [0.29, 0.717) is 5.91 Å². The number of carbonyl (C=O) groups is 1. The Balaban J connectivity index is 1.56. The van der Waals surface area contributed by atoms with Crippen LogP contribution in [0.25, 0.3) is 0 Å². The maximum atomic E-state index is 13.0. The molecule has 0 atom stereocenters. The third kappa shape index (κ3) is 3.63. The monoisotopic (exact) mass is 311 g/mol. The first-order valence-electron chi connectivity index (χ1n) is 8.45. The van der Waals surface area contributed by atoms with Crippen LogP contribution in [-0.4, -0.2) is 34.0 Å². The molecule has 1 heterocycles. The highest BCUT2D eigenvalue weighted by Gasteiger charge is 2.45. The van der Waals surface area contributed by atoms with Gasteiger partial charge in [0.05, 0.1) is 11.7 Å². The molecule has 2 aromatic rings. The minimum absolute atomic E-state index is 0.162. The molecule has 1 aromatic carbocycles. The van der Waals surface area contributed by atoms with Crippen LogP contribution < -0.4 is 0 Å². The molecule has 1 aromatic heterocycles. The molecule has 0 bridgehead atoms. The fourth-order valence-corrected chi connectivity index (χ4v) is 3.47. The van der Waals surface area contributed by atoms with Crippen LogP contribution in [-0.2, 0) is 17.8 Å². The molecule has 0 spiro atoms. The van der Waals surface area contributed by atoms with Gasteiger partial charge in [0, 0.05) is 32.5 Å². The molecule has 0 aliphatic heterocycles. The van der Waals surface area contributed by atoms with Crippen LogP contribution in [0.15, 0.2) is 49.1 Å². The van der Waals surface area contributed by atoms with Gasteiger partial charge in [-0.05, 0) is 31.2 Å². The van der Waals surface area contributed by atoms with Crippen LogP contribution in [0.3, 0.4) is 0 Å². The first-order valence-corrected chi connectivity index (χ1v) is 8.45. The number of benzene rings is 1. The van der Waals surface area contributed by atoms with Crippen LogP contribution >= 0.6 is 0 Å². The third-order valence-electron chi connectivity index (χ3n) is 4.97. The Labute approximate surface area is 138 Å². The molecule has 122 valence electrons. The zero-order chi connectivity index (χ0) is 16.1. The normalized spacial score (nSPS) is 15.9. The molecular formula is C19H25N3O. The first kappa shape index (κ1) is 15.8. The van der Waals surface area contributed by atoms with Gasteiger partial charge in [-0.15, -0.1) is 0 Å². The van der Waals surface area contributed by atoms with Crippen molar-refractivity contribution >= 4 is 5.91 Å². The Morgan fingerprint density at radius 3 is 2.70 bits per heavy atom. The summed E-state index contributed by atoms with van der Waals surface area (Å²) in [7, 11) is 1.95. The van der Waals surface area contributed by atoms with E-state index >= 15 is 0 Å². The van der Waals surface area contributed by atoms with Crippen molar-refractivity contribution in [1.82, 2.24) is 14.5 Å². The van der Waals surface area contributed by atoms with E-state index in [2.05, 4.69) is 33.8 Å². The van der Waals surface area contributed by atoms with Gasteiger partial charge >= 0.3 is 0 Å². The summed E-state index contributed by atoms with van der Waals surface area (Å²) in [5.41, 5.74) is 1.11. The van der Waals surface area contributed by atoms with E-state index in [1.54, 1.807) is 6.20 Å². The van der Waals surface area contributed by atoms with Gasteiger partial charge in [0.25, 0.3) is 0 Å². The summed E-state index contributed by atoms with van der Waals surface area (Å²) in [6.45, 7) is 1.71. The number of aromatic nitrogens is 2. The van der Waals surface area contributed by atoms with E-state index in [0.717, 1.165) is 38.8 Å². The second-order valence-corrected chi connectivity index (χ2v) is 6.68. The summed E-state index contributed by atoms with van der Waals surface area (Å²) in [5, 5.41) is 0. The Hall–Kier alpha value is -2.10. The smallest absolute Gasteiger partial charge is 0.228 e. The molecule has 0 unspecified atom stereocenters. The number of amides is 1. The van der Waals surface area contributed by atoms with E-state index < -0.39 is 0 Å². The second-order valence-electron chi connectivity index (χ2n) is 6.68. The van der Waals surface area contributed by atoms with Gasteiger partial charge in [0.15, 0.2) is 0 Å². The van der Waals surface area contributed by atoms with Crippen LogP contribution in [0.5, 0.6) is 0 Å². The number of imidazole rings is 1. The summed E-state index contributed by atoms with van der Waals surface area (Å²) < 4.78 is 2.06. The lowest BCUT2D eigenvalue weighted by atomic mass is 9.64. The zero-order valence-corrected chi connectivity index (χ0v) is 13.8. The van der Waals surface area contributed by atoms with Crippen molar-refractivity contribution in [3.63, 3.8) is 0 Å². The fraction of sp³-hybridized carbons (Fsp3) is 0.474. The van der Waals surface area contributed by atoms with Gasteiger partial charge in [0.1, 0.15) is 0 Å². The van der Waals surface area contributed by atoms with Crippen molar-refractivity contribution in [1.29, 1.82) is 0 Å². The molecular weight excluding hydrogens is 286 g/mol. The van der Waals surface area contributed by atoms with E-state index in [9.17, 15) is 4.79 Å². The number of nitrogens with zero attached hydrogens (tertiary/aromatic N) is 3. The molecule has 1 aliphatic carbocycles. The molecule has 1 saturated carbocycles. The van der Waals surface area contributed by atoms with Gasteiger partial charge < -0.3 is 9.47 Å². The standard InChI is InChI=1S/C19H25N3O/c1-21(12-6-13-22-14-11-20-16-22)18(23)19(9-5-10-19)15-17-7-3-2-4-8-17/h2-4,7-8,11,14,16H,5-6,9-10,12-13,15H2,1H3. The predicted molar refractivity (Wildman–Crippen MR) is 90.9 cm³/mol. The lowest BCUT2D eigenvalue weighted by Gasteiger charge is -2.43. The highest BCUT2D eigenvalue weighted by molar-refractivity contribution is 5.83. The fourth-order valence-electron chi connectivity index (χ4n) is 3.47. The lowest BCUT2D eigenvalue weighted by molar-refractivity contribution is -0.146. The number of rotatable bonds is 7. The number of hydrogen-bond donors (Lipinski definition) is 0. The lowest BCUT2D eigenvalue weighted by Crippen LogP contribution is -2.48. The van der Waals surface area contributed by atoms with Crippen molar-refractivity contribution in [2.24, 2.45) is 5.41 Å². The molecule has 4 heteroatoms. The number of carbonyl (C=O) groups excluding carboxylic acids is 1. The van der Waals surface area contributed by atoms with Crippen LogP contribution in [0.4, 0.5) is 0 Å². The first-order chi connectivity index (χ1) is 11.2. The topological polar surface area (TPSA) is 38.1 Å². The van der Waals surface area contributed by atoms with E-state index in [1.807, 2.05) is 30.5 Å². The van der Waals surface area contributed by atoms with Gasteiger partial charge in [0.2, 0.25) is 5.91 Å². The third-order valence-corrected chi connectivity index (χ3v) is 4.97. The average Bonchev–Trinajstić information content (AvgIpc) is 3.04. The predicted octanol–water partition coefficient (Wildman–Crippen LogP) is 3.14. The Morgan fingerprint density at radius 2 is 2.09 bits per heavy atom. The van der Waals surface area contributed by atoms with Gasteiger partial charge in [-0.3, -0.25) is 4.79 Å². The van der Waals surface area contributed by atoms with Gasteiger partial charge in [-0.1, -0.05) is 36.8 Å². The summed E-state index contributed by atoms with van der Waals surface area (Å²) >= 11 is 0. The quantitative estimate of drug-likeness (QED) is 0.788. The molecule has 0 radical (unpaired) electrons. The van der Waals surface area contributed by atoms with Gasteiger partial charge in [-0.25, -0.2) is 4.98 Å². The maximum Gasteiger partial charge on any atom is 0.228 e. The van der Waals surface area contributed by atoms with Crippen molar-refractivity contribution < 1.29 is 4.79 Å². The largest absolute Gasteiger partial charge is 0.345 e. The molecule has 1 aliphatic rings. The molecule has 0 N–H and O–H groups in total. The van der Waals surface area contributed by atoms with Crippen LogP contribution in [0, 0.1) is 5.41 Å². The summed E-state index contributed by atoms with van der Waals surface area (Å²) in [5.74, 6) is 0.318. The SMILES string of the molecule is CN(CCCn1ccnc1)C(=O)C1(Cc2ccccc2)CCC1. The second kappa shape index (κ2) is 6.99. The van der Waals surface area contributed by atoms with Gasteiger partial charge in [-0.2, -0.15) is 0 Å². The average molecular weight is 311 g/mol. The molecule has 1 fully saturated rings. The van der Waals surface area contributed by atoms with Crippen molar-refractivity contribution in [2.75, 3.05) is 13.6 Å². The van der Waals surface area contributed by atoms with Crippen LogP contribution in [0.2, 0.25) is 0 Å². The zero-order valence-electron chi connectivity index (χ0n) is 13.8. The van der Waals surface area contributed by atoms with Crippen molar-refractivity contribution in [3.8, 4) is 0 Å². The minimum Gasteiger partial charge on any atom is -0.345 e. The minimum atomic E-state index is -0.162. The number of hydrogen-bond acceptors (Lipinski definition) is 2. The van der Waals surface area contributed by atoms with Crippen molar-refractivity contribution in [3.05, 3.63) is 54.6 Å². The van der Waals surface area contributed by atoms with E-state index in [4.69, 9.17) is 0 Å². The maximum absolute atomic E-state index is 13.0. The van der Waals surface area contributed by atoms with E-state index in [-0.39, 0.29) is 5.41 Å². The number of aryl methyl sites for hydroxylation is 1. The molecule has 4 nitrogen and oxygen atoms in total. The van der Waals surface area contributed by atoms with Crippen molar-refractivity contribution in [2.45, 2.75) is 38.6 Å². The Bertz CT molecular complexity index is 617.